The first-order valence-electron chi connectivity index (χ1n) is 4.27. The molecule has 1 nitrogen and oxygen atoms in total. The molecule has 1 unspecified atom stereocenters. The summed E-state index contributed by atoms with van der Waals surface area (Å²) in [6.45, 7) is 2.60. The second-order valence-electron chi connectivity index (χ2n) is 3.15. The SMILES string of the molecule is CC(CBr)COc1ccc(Cl)c(F)c1. The highest BCUT2D eigenvalue weighted by atomic mass is 79.9. The van der Waals surface area contributed by atoms with Gasteiger partial charge in [0.05, 0.1) is 11.6 Å². The van der Waals surface area contributed by atoms with Crippen LogP contribution in [0.25, 0.3) is 0 Å². The normalized spacial score (nSPS) is 12.6. The summed E-state index contributed by atoms with van der Waals surface area (Å²) in [4.78, 5) is 0. The molecule has 0 amide bonds. The molecular formula is C10H11BrClFO. The maximum absolute atomic E-state index is 13.0. The Bertz CT molecular complexity index is 306. The van der Waals surface area contributed by atoms with Gasteiger partial charge in [0.15, 0.2) is 0 Å². The lowest BCUT2D eigenvalue weighted by atomic mass is 10.2. The molecule has 1 aromatic carbocycles. The third-order valence-electron chi connectivity index (χ3n) is 1.69. The minimum atomic E-state index is -0.448. The number of halogens is 3. The maximum Gasteiger partial charge on any atom is 0.145 e. The van der Waals surface area contributed by atoms with Crippen LogP contribution in [-0.4, -0.2) is 11.9 Å². The lowest BCUT2D eigenvalue weighted by Crippen LogP contribution is -2.09. The van der Waals surface area contributed by atoms with Gasteiger partial charge in [-0.2, -0.15) is 0 Å². The summed E-state index contributed by atoms with van der Waals surface area (Å²) < 4.78 is 18.3. The van der Waals surface area contributed by atoms with Gasteiger partial charge in [0.1, 0.15) is 11.6 Å². The van der Waals surface area contributed by atoms with Gasteiger partial charge in [0.25, 0.3) is 0 Å². The van der Waals surface area contributed by atoms with Crippen molar-refractivity contribution >= 4 is 27.5 Å². The summed E-state index contributed by atoms with van der Waals surface area (Å²) in [6.07, 6.45) is 0. The van der Waals surface area contributed by atoms with Gasteiger partial charge in [-0.05, 0) is 18.1 Å². The topological polar surface area (TPSA) is 9.23 Å². The zero-order valence-corrected chi connectivity index (χ0v) is 10.1. The van der Waals surface area contributed by atoms with Crippen LogP contribution in [0.1, 0.15) is 6.92 Å². The van der Waals surface area contributed by atoms with Crippen molar-refractivity contribution < 1.29 is 9.13 Å². The van der Waals surface area contributed by atoms with E-state index >= 15 is 0 Å². The maximum atomic E-state index is 13.0. The molecule has 78 valence electrons. The summed E-state index contributed by atoms with van der Waals surface area (Å²) in [5.74, 6) is 0.462. The molecule has 0 spiro atoms. The Morgan fingerprint density at radius 3 is 2.86 bits per heavy atom. The van der Waals surface area contributed by atoms with Crippen LogP contribution in [0, 0.1) is 11.7 Å². The van der Waals surface area contributed by atoms with E-state index in [2.05, 4.69) is 15.9 Å². The molecule has 1 aromatic rings. The molecule has 14 heavy (non-hydrogen) atoms. The van der Waals surface area contributed by atoms with Crippen LogP contribution in [0.15, 0.2) is 18.2 Å². The fraction of sp³-hybridized carbons (Fsp3) is 0.400. The van der Waals surface area contributed by atoms with Crippen molar-refractivity contribution in [3.8, 4) is 5.75 Å². The number of hydrogen-bond donors (Lipinski definition) is 0. The molecule has 0 saturated heterocycles. The Morgan fingerprint density at radius 1 is 1.57 bits per heavy atom. The second-order valence-corrected chi connectivity index (χ2v) is 4.20. The lowest BCUT2D eigenvalue weighted by molar-refractivity contribution is 0.273. The van der Waals surface area contributed by atoms with Crippen LogP contribution < -0.4 is 4.74 Å². The van der Waals surface area contributed by atoms with Crippen molar-refractivity contribution in [1.82, 2.24) is 0 Å². The van der Waals surface area contributed by atoms with Gasteiger partial charge in [-0.3, -0.25) is 0 Å². The molecule has 0 aromatic heterocycles. The fourth-order valence-electron chi connectivity index (χ4n) is 0.850. The Labute approximate surface area is 96.3 Å². The molecular weight excluding hydrogens is 270 g/mol. The average molecular weight is 282 g/mol. The zero-order chi connectivity index (χ0) is 10.6. The van der Waals surface area contributed by atoms with Crippen molar-refractivity contribution in [3.05, 3.63) is 29.0 Å². The first kappa shape index (κ1) is 11.8. The van der Waals surface area contributed by atoms with Crippen molar-refractivity contribution in [2.45, 2.75) is 6.92 Å². The van der Waals surface area contributed by atoms with E-state index in [1.165, 1.54) is 12.1 Å². The quantitative estimate of drug-likeness (QED) is 0.761. The standard InChI is InChI=1S/C10H11BrClFO/c1-7(5-11)6-14-8-2-3-9(12)10(13)4-8/h2-4,7H,5-6H2,1H3. The molecule has 0 N–H and O–H groups in total. The van der Waals surface area contributed by atoms with Crippen LogP contribution in [0.5, 0.6) is 5.75 Å². The molecule has 0 aliphatic carbocycles. The number of ether oxygens (including phenoxy) is 1. The second kappa shape index (κ2) is 5.56. The third-order valence-corrected chi connectivity index (χ3v) is 3.10. The van der Waals surface area contributed by atoms with Gasteiger partial charge in [-0.15, -0.1) is 0 Å². The molecule has 1 atom stereocenters. The van der Waals surface area contributed by atoms with E-state index in [0.29, 0.717) is 18.3 Å². The third kappa shape index (κ3) is 3.46. The number of rotatable bonds is 4. The monoisotopic (exact) mass is 280 g/mol. The molecule has 0 aliphatic rings. The van der Waals surface area contributed by atoms with E-state index in [-0.39, 0.29) is 5.02 Å². The minimum Gasteiger partial charge on any atom is -0.493 e. The van der Waals surface area contributed by atoms with Crippen LogP contribution in [0.2, 0.25) is 5.02 Å². The van der Waals surface area contributed by atoms with E-state index in [0.717, 1.165) is 5.33 Å². The van der Waals surface area contributed by atoms with Crippen LogP contribution >= 0.6 is 27.5 Å². The molecule has 0 bridgehead atoms. The predicted octanol–water partition coefficient (Wildman–Crippen LogP) is 3.89. The molecule has 1 rings (SSSR count). The summed E-state index contributed by atoms with van der Waals surface area (Å²) in [5.41, 5.74) is 0. The van der Waals surface area contributed by atoms with Crippen molar-refractivity contribution in [1.29, 1.82) is 0 Å². The van der Waals surface area contributed by atoms with Gasteiger partial charge in [0, 0.05) is 11.4 Å². The Balaban J connectivity index is 2.55. The van der Waals surface area contributed by atoms with E-state index in [9.17, 15) is 4.39 Å². The van der Waals surface area contributed by atoms with Crippen LogP contribution in [-0.2, 0) is 0 Å². The lowest BCUT2D eigenvalue weighted by Gasteiger charge is -2.10. The number of hydrogen-bond acceptors (Lipinski definition) is 1. The van der Waals surface area contributed by atoms with Crippen LogP contribution in [0.3, 0.4) is 0 Å². The summed E-state index contributed by atoms with van der Waals surface area (Å²) in [6, 6.07) is 4.45. The highest BCUT2D eigenvalue weighted by Gasteiger charge is 2.04. The Morgan fingerprint density at radius 2 is 2.29 bits per heavy atom. The van der Waals surface area contributed by atoms with E-state index in [1.807, 2.05) is 6.92 Å². The van der Waals surface area contributed by atoms with E-state index < -0.39 is 5.82 Å². The molecule has 4 heteroatoms. The van der Waals surface area contributed by atoms with Gasteiger partial charge < -0.3 is 4.74 Å². The van der Waals surface area contributed by atoms with Crippen molar-refractivity contribution in [2.24, 2.45) is 5.92 Å². The molecule has 0 aliphatic heterocycles. The fourth-order valence-corrected chi connectivity index (χ4v) is 1.15. The van der Waals surface area contributed by atoms with Crippen molar-refractivity contribution in [2.75, 3.05) is 11.9 Å². The van der Waals surface area contributed by atoms with Gasteiger partial charge in [-0.25, -0.2) is 4.39 Å². The van der Waals surface area contributed by atoms with Gasteiger partial charge >= 0.3 is 0 Å². The highest BCUT2D eigenvalue weighted by molar-refractivity contribution is 9.09. The van der Waals surface area contributed by atoms with E-state index in [1.54, 1.807) is 6.07 Å². The zero-order valence-electron chi connectivity index (χ0n) is 7.77. The van der Waals surface area contributed by atoms with Gasteiger partial charge in [-0.1, -0.05) is 34.5 Å². The average Bonchev–Trinajstić information content (AvgIpc) is 2.19. The number of alkyl halides is 1. The van der Waals surface area contributed by atoms with Crippen LogP contribution in [0.4, 0.5) is 4.39 Å². The first-order chi connectivity index (χ1) is 6.63. The molecule has 0 saturated carbocycles. The minimum absolute atomic E-state index is 0.117. The predicted molar refractivity (Wildman–Crippen MR) is 59.9 cm³/mol. The molecule has 0 radical (unpaired) electrons. The Kier molecular flexibility index (Phi) is 4.69. The summed E-state index contributed by atoms with van der Waals surface area (Å²) in [5, 5.41) is 0.981. The first-order valence-corrected chi connectivity index (χ1v) is 5.77. The summed E-state index contributed by atoms with van der Waals surface area (Å²) in [7, 11) is 0. The smallest absolute Gasteiger partial charge is 0.145 e. The Hall–Kier alpha value is -0.280. The molecule has 0 heterocycles. The number of benzene rings is 1. The van der Waals surface area contributed by atoms with Crippen molar-refractivity contribution in [3.63, 3.8) is 0 Å². The summed E-state index contributed by atoms with van der Waals surface area (Å²) >= 11 is 8.87. The highest BCUT2D eigenvalue weighted by Crippen LogP contribution is 2.20. The largest absolute Gasteiger partial charge is 0.493 e. The van der Waals surface area contributed by atoms with E-state index in [4.69, 9.17) is 16.3 Å². The molecule has 0 fully saturated rings. The van der Waals surface area contributed by atoms with Gasteiger partial charge in [0.2, 0.25) is 0 Å².